The van der Waals surface area contributed by atoms with E-state index in [0.29, 0.717) is 35.1 Å². The third kappa shape index (κ3) is 3.31. The van der Waals surface area contributed by atoms with Gasteiger partial charge in [0.2, 0.25) is 6.79 Å². The Labute approximate surface area is 209 Å². The van der Waals surface area contributed by atoms with Crippen LogP contribution in [0.3, 0.4) is 0 Å². The number of benzene rings is 3. The lowest BCUT2D eigenvalue weighted by Gasteiger charge is -2.49. The van der Waals surface area contributed by atoms with Gasteiger partial charge in [-0.2, -0.15) is 0 Å². The summed E-state index contributed by atoms with van der Waals surface area (Å²) in [5.41, 5.74) is 0.252. The summed E-state index contributed by atoms with van der Waals surface area (Å²) in [5.74, 6) is -0.482. The zero-order valence-electron chi connectivity index (χ0n) is 19.5. The first-order valence-electron chi connectivity index (χ1n) is 11.5. The van der Waals surface area contributed by atoms with Gasteiger partial charge in [-0.1, -0.05) is 12.1 Å². The summed E-state index contributed by atoms with van der Waals surface area (Å²) >= 11 is 0. The van der Waals surface area contributed by atoms with Gasteiger partial charge in [0, 0.05) is 11.8 Å². The number of nitrogens with zero attached hydrogens (tertiary/aromatic N) is 3. The van der Waals surface area contributed by atoms with E-state index in [9.17, 15) is 24.5 Å². The molecule has 0 radical (unpaired) electrons. The molecule has 2 atom stereocenters. The molecule has 1 saturated heterocycles. The summed E-state index contributed by atoms with van der Waals surface area (Å²) in [7, 11) is 0. The molecule has 11 nitrogen and oxygen atoms in total. The maximum Gasteiger partial charge on any atom is 0.282 e. The summed E-state index contributed by atoms with van der Waals surface area (Å²) in [6.07, 6.45) is 0. The smallest absolute Gasteiger partial charge is 0.282 e. The maximum absolute atomic E-state index is 13.6. The summed E-state index contributed by atoms with van der Waals surface area (Å²) in [6.45, 7) is 2.39. The van der Waals surface area contributed by atoms with E-state index in [4.69, 9.17) is 14.2 Å². The Morgan fingerprint density at radius 1 is 0.946 bits per heavy atom. The fourth-order valence-corrected chi connectivity index (χ4v) is 5.00. The zero-order valence-corrected chi connectivity index (χ0v) is 19.5. The van der Waals surface area contributed by atoms with Gasteiger partial charge in [0.1, 0.15) is 17.4 Å². The molecule has 0 saturated carbocycles. The highest BCUT2D eigenvalue weighted by Gasteiger charge is 2.58. The molecule has 37 heavy (non-hydrogen) atoms. The van der Waals surface area contributed by atoms with Crippen LogP contribution >= 0.6 is 0 Å². The number of carbonyl (C=O) groups is 3. The number of ether oxygens (including phenoxy) is 3. The van der Waals surface area contributed by atoms with Crippen LogP contribution in [0.4, 0.5) is 11.4 Å². The molecular formula is C26H19N3O8. The SMILES string of the molecule is CCOc1ccc(N2C(=O)[C@H](N3C(=O)c4cccc([N+](=O)[O-])c4C3=O)[C@@H]2c2ccc3c(c2)OCO3)cc1. The fourth-order valence-electron chi connectivity index (χ4n) is 5.00. The highest BCUT2D eigenvalue weighted by atomic mass is 16.7. The van der Waals surface area contributed by atoms with Gasteiger partial charge in [-0.3, -0.25) is 29.4 Å². The number of fused-ring (bicyclic) bond motifs is 2. The fraction of sp³-hybridized carbons (Fsp3) is 0.192. The highest BCUT2D eigenvalue weighted by Crippen LogP contribution is 2.47. The standard InChI is InChI=1S/C26H19N3O8/c1-2-35-16-9-7-15(8-10-16)27-22(14-6-11-19-20(12-14)37-13-36-19)23(26(27)32)28-24(30)17-4-3-5-18(29(33)34)21(17)25(28)31/h3-12,22-23H,2,13H2,1H3/t22-,23+/m0/s1. The summed E-state index contributed by atoms with van der Waals surface area (Å²) in [4.78, 5) is 53.5. The number of nitro groups is 1. The maximum atomic E-state index is 13.6. The molecule has 6 rings (SSSR count). The van der Waals surface area contributed by atoms with Crippen molar-refractivity contribution in [2.45, 2.75) is 19.0 Å². The summed E-state index contributed by atoms with van der Waals surface area (Å²) in [6, 6.07) is 13.9. The number of amides is 3. The number of rotatable bonds is 6. The van der Waals surface area contributed by atoms with E-state index in [1.54, 1.807) is 42.5 Å². The van der Waals surface area contributed by atoms with E-state index in [1.165, 1.54) is 17.0 Å². The van der Waals surface area contributed by atoms with Crippen molar-refractivity contribution in [2.75, 3.05) is 18.3 Å². The molecule has 3 aliphatic heterocycles. The van der Waals surface area contributed by atoms with Gasteiger partial charge in [-0.25, -0.2) is 0 Å². The number of hydrogen-bond acceptors (Lipinski definition) is 8. The Bertz CT molecular complexity index is 1490. The number of nitro benzene ring substituents is 1. The Balaban J connectivity index is 1.43. The van der Waals surface area contributed by atoms with E-state index < -0.39 is 40.4 Å². The van der Waals surface area contributed by atoms with Crippen molar-refractivity contribution in [2.24, 2.45) is 0 Å². The largest absolute Gasteiger partial charge is 0.494 e. The average molecular weight is 501 g/mol. The molecule has 0 bridgehead atoms. The molecule has 3 amide bonds. The lowest BCUT2D eigenvalue weighted by Crippen LogP contribution is -2.67. The van der Waals surface area contributed by atoms with Gasteiger partial charge >= 0.3 is 0 Å². The summed E-state index contributed by atoms with van der Waals surface area (Å²) < 4.78 is 16.4. The molecular weight excluding hydrogens is 482 g/mol. The van der Waals surface area contributed by atoms with Crippen molar-refractivity contribution in [1.82, 2.24) is 4.90 Å². The molecule has 0 N–H and O–H groups in total. The highest BCUT2D eigenvalue weighted by molar-refractivity contribution is 6.26. The van der Waals surface area contributed by atoms with Gasteiger partial charge in [0.05, 0.1) is 23.1 Å². The number of β-lactam (4-membered cyclic amide) rings is 1. The van der Waals surface area contributed by atoms with E-state index in [1.807, 2.05) is 6.92 Å². The quantitative estimate of drug-likeness (QED) is 0.217. The number of carbonyl (C=O) groups excluding carboxylic acids is 3. The monoisotopic (exact) mass is 501 g/mol. The van der Waals surface area contributed by atoms with Gasteiger partial charge in [-0.05, 0) is 55.0 Å². The van der Waals surface area contributed by atoms with Crippen LogP contribution in [0, 0.1) is 10.1 Å². The molecule has 3 aromatic carbocycles. The van der Waals surface area contributed by atoms with Gasteiger partial charge in [0.15, 0.2) is 11.5 Å². The third-order valence-electron chi connectivity index (χ3n) is 6.63. The van der Waals surface area contributed by atoms with Crippen LogP contribution in [0.1, 0.15) is 39.2 Å². The molecule has 0 aliphatic carbocycles. The Morgan fingerprint density at radius 2 is 1.70 bits per heavy atom. The van der Waals surface area contributed by atoms with Crippen LogP contribution in [0.5, 0.6) is 17.2 Å². The van der Waals surface area contributed by atoms with Crippen LogP contribution < -0.4 is 19.1 Å². The number of anilines is 1. The molecule has 1 fully saturated rings. The Kier molecular flexibility index (Phi) is 5.07. The second-order valence-corrected chi connectivity index (χ2v) is 8.57. The average Bonchev–Trinajstić information content (AvgIpc) is 3.46. The second kappa shape index (κ2) is 8.33. The van der Waals surface area contributed by atoms with E-state index in [-0.39, 0.29) is 17.9 Å². The number of hydrogen-bond donors (Lipinski definition) is 0. The van der Waals surface area contributed by atoms with Crippen LogP contribution in [0.2, 0.25) is 0 Å². The molecule has 3 heterocycles. The van der Waals surface area contributed by atoms with Crippen LogP contribution in [0.25, 0.3) is 0 Å². The second-order valence-electron chi connectivity index (χ2n) is 8.57. The molecule has 3 aromatic rings. The minimum absolute atomic E-state index is 0.0521. The lowest BCUT2D eigenvalue weighted by molar-refractivity contribution is -0.385. The minimum Gasteiger partial charge on any atom is -0.494 e. The third-order valence-corrected chi connectivity index (χ3v) is 6.63. The summed E-state index contributed by atoms with van der Waals surface area (Å²) in [5, 5.41) is 11.6. The van der Waals surface area contributed by atoms with Crippen molar-refractivity contribution >= 4 is 29.1 Å². The van der Waals surface area contributed by atoms with E-state index in [2.05, 4.69) is 0 Å². The number of imide groups is 1. The van der Waals surface area contributed by atoms with Gasteiger partial charge in [0.25, 0.3) is 23.4 Å². The van der Waals surface area contributed by atoms with Crippen LogP contribution in [0.15, 0.2) is 60.7 Å². The first kappa shape index (κ1) is 22.5. The predicted molar refractivity (Wildman–Crippen MR) is 128 cm³/mol. The Morgan fingerprint density at radius 3 is 2.43 bits per heavy atom. The molecule has 0 aromatic heterocycles. The van der Waals surface area contributed by atoms with Crippen molar-refractivity contribution in [3.05, 3.63) is 87.5 Å². The lowest BCUT2D eigenvalue weighted by atomic mass is 9.86. The normalized spacial score (nSPS) is 19.6. The first-order chi connectivity index (χ1) is 17.9. The van der Waals surface area contributed by atoms with Crippen LogP contribution in [-0.2, 0) is 4.79 Å². The zero-order chi connectivity index (χ0) is 25.8. The van der Waals surface area contributed by atoms with Crippen molar-refractivity contribution in [3.8, 4) is 17.2 Å². The van der Waals surface area contributed by atoms with Gasteiger partial charge < -0.3 is 19.1 Å². The van der Waals surface area contributed by atoms with Crippen molar-refractivity contribution < 1.29 is 33.5 Å². The van der Waals surface area contributed by atoms with E-state index >= 15 is 0 Å². The van der Waals surface area contributed by atoms with Crippen molar-refractivity contribution in [3.63, 3.8) is 0 Å². The molecule has 0 unspecified atom stereocenters. The topological polar surface area (TPSA) is 129 Å². The molecule has 186 valence electrons. The molecule has 3 aliphatic rings. The molecule has 11 heteroatoms. The minimum atomic E-state index is -1.21. The molecule has 0 spiro atoms. The van der Waals surface area contributed by atoms with Crippen LogP contribution in [-0.4, -0.2) is 47.0 Å². The van der Waals surface area contributed by atoms with E-state index in [0.717, 1.165) is 11.0 Å². The predicted octanol–water partition coefficient (Wildman–Crippen LogP) is 3.47. The van der Waals surface area contributed by atoms with Crippen molar-refractivity contribution in [1.29, 1.82) is 0 Å². The first-order valence-corrected chi connectivity index (χ1v) is 11.5. The van der Waals surface area contributed by atoms with Gasteiger partial charge in [-0.15, -0.1) is 0 Å². The Hall–Kier alpha value is -4.93.